The van der Waals surface area contributed by atoms with Gasteiger partial charge in [-0.1, -0.05) is 0 Å². The molecule has 4 heteroatoms. The summed E-state index contributed by atoms with van der Waals surface area (Å²) in [6.45, 7) is 3.37. The zero-order valence-corrected chi connectivity index (χ0v) is 7.61. The van der Waals surface area contributed by atoms with Crippen LogP contribution in [0.25, 0.3) is 0 Å². The second kappa shape index (κ2) is 2.64. The van der Waals surface area contributed by atoms with Crippen LogP contribution in [0.5, 0.6) is 0 Å². The lowest BCUT2D eigenvalue weighted by atomic mass is 10.2. The molecule has 1 fully saturated rings. The van der Waals surface area contributed by atoms with Crippen molar-refractivity contribution in [3.05, 3.63) is 11.6 Å². The van der Waals surface area contributed by atoms with Crippen molar-refractivity contribution in [3.63, 3.8) is 0 Å². The van der Waals surface area contributed by atoms with Crippen molar-refractivity contribution in [1.29, 1.82) is 0 Å². The van der Waals surface area contributed by atoms with Crippen LogP contribution in [0.15, 0.2) is 11.6 Å². The molecule has 0 spiro atoms. The van der Waals surface area contributed by atoms with E-state index < -0.39 is 11.9 Å². The maximum absolute atomic E-state index is 11.3. The molecule has 1 heterocycles. The van der Waals surface area contributed by atoms with E-state index in [9.17, 15) is 4.79 Å². The molecule has 1 saturated heterocycles. The molecule has 2 rings (SSSR count). The van der Waals surface area contributed by atoms with Gasteiger partial charge in [0, 0.05) is 0 Å². The Hall–Kier alpha value is -0.710. The van der Waals surface area contributed by atoms with Crippen LogP contribution in [-0.4, -0.2) is 35.5 Å². The van der Waals surface area contributed by atoms with Gasteiger partial charge in [0.1, 0.15) is 6.10 Å². The molecular formula is C9H12O4. The first-order valence-corrected chi connectivity index (χ1v) is 4.24. The van der Waals surface area contributed by atoms with E-state index in [2.05, 4.69) is 0 Å². The summed E-state index contributed by atoms with van der Waals surface area (Å²) in [5.41, 5.74) is 0.612. The number of hydrogen-bond donors (Lipinski definition) is 1. The number of ketones is 1. The van der Waals surface area contributed by atoms with Crippen LogP contribution in [0.3, 0.4) is 0 Å². The number of carbonyl (C=O) groups excluding carboxylic acids is 1. The van der Waals surface area contributed by atoms with E-state index in [0.717, 1.165) is 0 Å². The molecule has 0 aromatic heterocycles. The van der Waals surface area contributed by atoms with Gasteiger partial charge in [-0.05, 0) is 25.5 Å². The fourth-order valence-corrected chi connectivity index (χ4v) is 1.72. The maximum Gasteiger partial charge on any atom is 0.187 e. The Kier molecular flexibility index (Phi) is 1.80. The Labute approximate surface area is 76.1 Å². The van der Waals surface area contributed by atoms with Gasteiger partial charge in [-0.3, -0.25) is 4.79 Å². The fraction of sp³-hybridized carbons (Fsp3) is 0.667. The van der Waals surface area contributed by atoms with Crippen molar-refractivity contribution < 1.29 is 19.4 Å². The summed E-state index contributed by atoms with van der Waals surface area (Å²) in [5, 5.41) is 8.95. The van der Waals surface area contributed by atoms with Crippen molar-refractivity contribution in [2.45, 2.75) is 31.8 Å². The van der Waals surface area contributed by atoms with Crippen LogP contribution in [0.2, 0.25) is 0 Å². The monoisotopic (exact) mass is 184 g/mol. The first-order chi connectivity index (χ1) is 6.03. The largest absolute Gasteiger partial charge is 0.392 e. The number of carbonyl (C=O) groups is 1. The lowest BCUT2D eigenvalue weighted by Crippen LogP contribution is -2.25. The SMILES string of the molecule is CC1(C)OC2C(=O)C=C(CO)[C@@H]2O1. The molecule has 2 aliphatic rings. The number of rotatable bonds is 1. The predicted molar refractivity (Wildman–Crippen MR) is 44.0 cm³/mol. The maximum atomic E-state index is 11.3. The van der Waals surface area contributed by atoms with Crippen molar-refractivity contribution in [2.75, 3.05) is 6.61 Å². The van der Waals surface area contributed by atoms with Gasteiger partial charge in [0.05, 0.1) is 6.61 Å². The van der Waals surface area contributed by atoms with E-state index in [-0.39, 0.29) is 18.5 Å². The number of aliphatic hydroxyl groups is 1. The highest BCUT2D eigenvalue weighted by atomic mass is 16.8. The molecule has 0 bridgehead atoms. The molecule has 0 amide bonds. The van der Waals surface area contributed by atoms with Crippen molar-refractivity contribution in [3.8, 4) is 0 Å². The Morgan fingerprint density at radius 3 is 2.69 bits per heavy atom. The summed E-state index contributed by atoms with van der Waals surface area (Å²) in [6, 6.07) is 0. The van der Waals surface area contributed by atoms with Gasteiger partial charge in [0.15, 0.2) is 17.7 Å². The molecule has 1 N–H and O–H groups in total. The van der Waals surface area contributed by atoms with Crippen LogP contribution in [0, 0.1) is 0 Å². The minimum Gasteiger partial charge on any atom is -0.392 e. The minimum atomic E-state index is -0.723. The second-order valence-electron chi connectivity index (χ2n) is 3.76. The van der Waals surface area contributed by atoms with E-state index in [0.29, 0.717) is 5.57 Å². The molecule has 2 atom stereocenters. The Morgan fingerprint density at radius 2 is 2.08 bits per heavy atom. The van der Waals surface area contributed by atoms with Crippen LogP contribution < -0.4 is 0 Å². The Balaban J connectivity index is 2.24. The molecule has 1 unspecified atom stereocenters. The average molecular weight is 184 g/mol. The summed E-state index contributed by atoms with van der Waals surface area (Å²) in [7, 11) is 0. The van der Waals surface area contributed by atoms with Crippen LogP contribution >= 0.6 is 0 Å². The molecule has 1 aliphatic heterocycles. The summed E-state index contributed by atoms with van der Waals surface area (Å²) >= 11 is 0. The topological polar surface area (TPSA) is 55.8 Å². The smallest absolute Gasteiger partial charge is 0.187 e. The highest BCUT2D eigenvalue weighted by Crippen LogP contribution is 2.36. The summed E-state index contributed by atoms with van der Waals surface area (Å²) < 4.78 is 10.9. The fourth-order valence-electron chi connectivity index (χ4n) is 1.72. The lowest BCUT2D eigenvalue weighted by Gasteiger charge is -2.17. The van der Waals surface area contributed by atoms with Gasteiger partial charge in [-0.2, -0.15) is 0 Å². The second-order valence-corrected chi connectivity index (χ2v) is 3.76. The van der Waals surface area contributed by atoms with Gasteiger partial charge in [0.25, 0.3) is 0 Å². The average Bonchev–Trinajstić information content (AvgIpc) is 2.47. The Bertz CT molecular complexity index is 279. The zero-order valence-electron chi connectivity index (χ0n) is 7.61. The van der Waals surface area contributed by atoms with Gasteiger partial charge in [-0.25, -0.2) is 0 Å². The van der Waals surface area contributed by atoms with E-state index in [1.165, 1.54) is 6.08 Å². The number of hydrogen-bond acceptors (Lipinski definition) is 4. The quantitative estimate of drug-likeness (QED) is 0.623. The summed E-state index contributed by atoms with van der Waals surface area (Å²) in [6.07, 6.45) is 0.481. The normalized spacial score (nSPS) is 36.2. The number of aliphatic hydroxyl groups excluding tert-OH is 1. The predicted octanol–water partition coefficient (Wildman–Crippen LogP) is 0.00790. The molecular weight excluding hydrogens is 172 g/mol. The van der Waals surface area contributed by atoms with Gasteiger partial charge < -0.3 is 14.6 Å². The molecule has 1 aliphatic carbocycles. The third kappa shape index (κ3) is 1.31. The summed E-state index contributed by atoms with van der Waals surface area (Å²) in [4.78, 5) is 11.3. The van der Waals surface area contributed by atoms with Crippen molar-refractivity contribution in [1.82, 2.24) is 0 Å². The van der Waals surface area contributed by atoms with Crippen LogP contribution in [0.1, 0.15) is 13.8 Å². The van der Waals surface area contributed by atoms with Crippen LogP contribution in [0.4, 0.5) is 0 Å². The van der Waals surface area contributed by atoms with Crippen molar-refractivity contribution in [2.24, 2.45) is 0 Å². The van der Waals surface area contributed by atoms with E-state index in [1.54, 1.807) is 13.8 Å². The zero-order chi connectivity index (χ0) is 9.64. The number of ether oxygens (including phenoxy) is 2. The lowest BCUT2D eigenvalue weighted by molar-refractivity contribution is -0.153. The molecule has 0 aromatic rings. The third-order valence-electron chi connectivity index (χ3n) is 2.25. The summed E-state index contributed by atoms with van der Waals surface area (Å²) in [5.74, 6) is -0.834. The van der Waals surface area contributed by atoms with Gasteiger partial charge in [0.2, 0.25) is 0 Å². The molecule has 13 heavy (non-hydrogen) atoms. The third-order valence-corrected chi connectivity index (χ3v) is 2.25. The van der Waals surface area contributed by atoms with E-state index in [4.69, 9.17) is 14.6 Å². The van der Waals surface area contributed by atoms with Gasteiger partial charge >= 0.3 is 0 Å². The molecule has 72 valence electrons. The molecule has 0 radical (unpaired) electrons. The highest BCUT2D eigenvalue weighted by Gasteiger charge is 2.49. The highest BCUT2D eigenvalue weighted by molar-refractivity contribution is 5.98. The molecule has 0 saturated carbocycles. The first-order valence-electron chi connectivity index (χ1n) is 4.24. The number of fused-ring (bicyclic) bond motifs is 1. The minimum absolute atomic E-state index is 0.111. The first kappa shape index (κ1) is 8.87. The molecule has 0 aromatic carbocycles. The van der Waals surface area contributed by atoms with Gasteiger partial charge in [-0.15, -0.1) is 0 Å². The van der Waals surface area contributed by atoms with Crippen molar-refractivity contribution >= 4 is 5.78 Å². The van der Waals surface area contributed by atoms with Crippen LogP contribution in [-0.2, 0) is 14.3 Å². The molecule has 4 nitrogen and oxygen atoms in total. The van der Waals surface area contributed by atoms with E-state index in [1.807, 2.05) is 0 Å². The standard InChI is InChI=1S/C9H12O4/c1-9(2)12-7-5(4-10)3-6(11)8(7)13-9/h3,7-8,10H,4H2,1-2H3/t7-,8?/m0/s1. The Morgan fingerprint density at radius 1 is 1.46 bits per heavy atom. The van der Waals surface area contributed by atoms with E-state index >= 15 is 0 Å².